The van der Waals surface area contributed by atoms with Crippen molar-refractivity contribution in [3.63, 3.8) is 0 Å². The summed E-state index contributed by atoms with van der Waals surface area (Å²) in [7, 11) is 1.65. The van der Waals surface area contributed by atoms with Crippen LogP contribution in [0.5, 0.6) is 5.75 Å². The van der Waals surface area contributed by atoms with E-state index in [9.17, 15) is 8.78 Å². The van der Waals surface area contributed by atoms with Gasteiger partial charge in [-0.2, -0.15) is 0 Å². The maximum absolute atomic E-state index is 13.4. The summed E-state index contributed by atoms with van der Waals surface area (Å²) in [5.74, 6) is -1.67. The third-order valence-electron chi connectivity index (χ3n) is 4.61. The van der Waals surface area contributed by atoms with Gasteiger partial charge in [-0.25, -0.2) is 8.78 Å². The molecule has 0 bridgehead atoms. The molecule has 0 saturated heterocycles. The van der Waals surface area contributed by atoms with Crippen molar-refractivity contribution in [3.05, 3.63) is 28.8 Å². The van der Waals surface area contributed by atoms with E-state index in [1.165, 1.54) is 0 Å². The summed E-state index contributed by atoms with van der Waals surface area (Å²) >= 11 is 0. The topological polar surface area (TPSA) is 35.2 Å². The first-order chi connectivity index (χ1) is 9.33. The lowest BCUT2D eigenvalue weighted by atomic mass is 9.68. The third-order valence-corrected chi connectivity index (χ3v) is 4.61. The zero-order valence-electron chi connectivity index (χ0n) is 12.4. The molecule has 1 aliphatic carbocycles. The fourth-order valence-electron chi connectivity index (χ4n) is 3.28. The highest BCUT2D eigenvalue weighted by molar-refractivity contribution is 5.46. The number of hydrogen-bond acceptors (Lipinski definition) is 2. The Bertz CT molecular complexity index is 466. The largest absolute Gasteiger partial charge is 0.496 e. The van der Waals surface area contributed by atoms with Crippen molar-refractivity contribution in [2.75, 3.05) is 13.7 Å². The van der Waals surface area contributed by atoms with E-state index in [2.05, 4.69) is 0 Å². The Kier molecular flexibility index (Phi) is 4.05. The minimum atomic E-state index is -2.53. The van der Waals surface area contributed by atoms with Crippen molar-refractivity contribution in [1.29, 1.82) is 0 Å². The molecule has 0 amide bonds. The molecule has 1 fully saturated rings. The number of alkyl halides is 2. The quantitative estimate of drug-likeness (QED) is 0.917. The summed E-state index contributed by atoms with van der Waals surface area (Å²) < 4.78 is 32.2. The molecule has 2 rings (SSSR count). The van der Waals surface area contributed by atoms with Crippen LogP contribution in [0.3, 0.4) is 0 Å². The highest BCUT2D eigenvalue weighted by Crippen LogP contribution is 2.46. The highest BCUT2D eigenvalue weighted by Gasteiger charge is 2.43. The van der Waals surface area contributed by atoms with E-state index in [1.807, 2.05) is 26.0 Å². The Morgan fingerprint density at radius 1 is 1.10 bits per heavy atom. The molecular weight excluding hydrogens is 260 g/mol. The molecule has 0 aliphatic heterocycles. The Balaban J connectivity index is 2.38. The van der Waals surface area contributed by atoms with Gasteiger partial charge in [0, 0.05) is 24.8 Å². The van der Waals surface area contributed by atoms with Gasteiger partial charge in [0.15, 0.2) is 0 Å². The fourth-order valence-corrected chi connectivity index (χ4v) is 3.28. The molecule has 20 heavy (non-hydrogen) atoms. The van der Waals surface area contributed by atoms with Crippen LogP contribution in [0.1, 0.15) is 42.4 Å². The zero-order chi connectivity index (χ0) is 15.0. The summed E-state index contributed by atoms with van der Waals surface area (Å²) in [6.45, 7) is 4.38. The number of hydrogen-bond donors (Lipinski definition) is 1. The Morgan fingerprint density at radius 2 is 1.60 bits per heavy atom. The second-order valence-electron chi connectivity index (χ2n) is 5.98. The van der Waals surface area contributed by atoms with Crippen LogP contribution >= 0.6 is 0 Å². The van der Waals surface area contributed by atoms with Gasteiger partial charge in [0.05, 0.1) is 7.11 Å². The average Bonchev–Trinajstić information content (AvgIpc) is 2.39. The number of halogens is 2. The van der Waals surface area contributed by atoms with Crippen LogP contribution in [-0.4, -0.2) is 19.6 Å². The summed E-state index contributed by atoms with van der Waals surface area (Å²) in [5, 5.41) is 0. The number of aryl methyl sites for hydroxylation is 2. The van der Waals surface area contributed by atoms with Crippen LogP contribution in [0.4, 0.5) is 8.78 Å². The molecule has 0 unspecified atom stereocenters. The van der Waals surface area contributed by atoms with Crippen LogP contribution in [-0.2, 0) is 5.41 Å². The van der Waals surface area contributed by atoms with E-state index in [4.69, 9.17) is 10.5 Å². The number of ether oxygens (including phenoxy) is 1. The molecule has 112 valence electrons. The molecule has 2 N–H and O–H groups in total. The molecule has 0 radical (unpaired) electrons. The van der Waals surface area contributed by atoms with E-state index in [-0.39, 0.29) is 18.3 Å². The van der Waals surface area contributed by atoms with Crippen molar-refractivity contribution in [2.24, 2.45) is 5.73 Å². The van der Waals surface area contributed by atoms with Crippen molar-refractivity contribution in [2.45, 2.75) is 50.9 Å². The second kappa shape index (κ2) is 5.32. The van der Waals surface area contributed by atoms with Crippen LogP contribution < -0.4 is 10.5 Å². The monoisotopic (exact) mass is 283 g/mol. The van der Waals surface area contributed by atoms with E-state index in [0.717, 1.165) is 22.4 Å². The maximum atomic E-state index is 13.4. The number of rotatable bonds is 3. The maximum Gasteiger partial charge on any atom is 0.248 e. The average molecular weight is 283 g/mol. The molecule has 0 spiro atoms. The van der Waals surface area contributed by atoms with Gasteiger partial charge in [-0.3, -0.25) is 0 Å². The number of benzene rings is 1. The summed E-state index contributed by atoms with van der Waals surface area (Å²) in [6.07, 6.45) is 0.742. The Hall–Kier alpha value is -1.16. The molecular formula is C16H23F2NO. The van der Waals surface area contributed by atoms with Crippen LogP contribution in [0.2, 0.25) is 0 Å². The molecule has 1 aliphatic rings. The van der Waals surface area contributed by atoms with Gasteiger partial charge in [-0.1, -0.05) is 12.1 Å². The van der Waals surface area contributed by atoms with Gasteiger partial charge >= 0.3 is 0 Å². The predicted octanol–water partition coefficient (Wildman–Crippen LogP) is 3.72. The lowest BCUT2D eigenvalue weighted by Gasteiger charge is -2.40. The van der Waals surface area contributed by atoms with E-state index in [1.54, 1.807) is 7.11 Å². The lowest BCUT2D eigenvalue weighted by Crippen LogP contribution is -2.42. The normalized spacial score (nSPS) is 20.7. The van der Waals surface area contributed by atoms with Crippen molar-refractivity contribution >= 4 is 0 Å². The molecule has 0 aromatic heterocycles. The van der Waals surface area contributed by atoms with Gasteiger partial charge < -0.3 is 10.5 Å². The van der Waals surface area contributed by atoms with Gasteiger partial charge in [0.25, 0.3) is 0 Å². The standard InChI is InChI=1S/C16H23F2NO/c1-11-8-13(9-12(2)14(11)20-3)15(10-19)4-6-16(17,18)7-5-15/h8-9H,4-7,10,19H2,1-3H3. The molecule has 1 saturated carbocycles. The SMILES string of the molecule is COc1c(C)cc(C2(CN)CCC(F)(F)CC2)cc1C. The van der Waals surface area contributed by atoms with E-state index >= 15 is 0 Å². The molecule has 1 aromatic carbocycles. The van der Waals surface area contributed by atoms with Crippen LogP contribution in [0.25, 0.3) is 0 Å². The highest BCUT2D eigenvalue weighted by atomic mass is 19.3. The van der Waals surface area contributed by atoms with Crippen LogP contribution in [0.15, 0.2) is 12.1 Å². The molecule has 0 heterocycles. The molecule has 0 atom stereocenters. The van der Waals surface area contributed by atoms with Gasteiger partial charge in [0.1, 0.15) is 5.75 Å². The smallest absolute Gasteiger partial charge is 0.248 e. The summed E-state index contributed by atoms with van der Waals surface area (Å²) in [5.41, 5.74) is 8.78. The first-order valence-corrected chi connectivity index (χ1v) is 7.07. The van der Waals surface area contributed by atoms with Crippen molar-refractivity contribution in [3.8, 4) is 5.75 Å². The molecule has 1 aromatic rings. The number of nitrogens with two attached hydrogens (primary N) is 1. The van der Waals surface area contributed by atoms with Crippen molar-refractivity contribution in [1.82, 2.24) is 0 Å². The second-order valence-corrected chi connectivity index (χ2v) is 5.98. The fraction of sp³-hybridized carbons (Fsp3) is 0.625. The minimum absolute atomic E-state index is 0.0751. The summed E-state index contributed by atoms with van der Waals surface area (Å²) in [4.78, 5) is 0. The van der Waals surface area contributed by atoms with E-state index < -0.39 is 5.92 Å². The summed E-state index contributed by atoms with van der Waals surface area (Å²) in [6, 6.07) is 4.09. The Morgan fingerprint density at radius 3 is 2.00 bits per heavy atom. The molecule has 2 nitrogen and oxygen atoms in total. The first kappa shape index (κ1) is 15.2. The molecule has 4 heteroatoms. The third kappa shape index (κ3) is 2.66. The minimum Gasteiger partial charge on any atom is -0.496 e. The first-order valence-electron chi connectivity index (χ1n) is 7.07. The van der Waals surface area contributed by atoms with Gasteiger partial charge in [-0.05, 0) is 43.4 Å². The van der Waals surface area contributed by atoms with E-state index in [0.29, 0.717) is 19.4 Å². The van der Waals surface area contributed by atoms with Crippen molar-refractivity contribution < 1.29 is 13.5 Å². The Labute approximate surface area is 119 Å². The van der Waals surface area contributed by atoms with Crippen LogP contribution in [0, 0.1) is 13.8 Å². The van der Waals surface area contributed by atoms with Gasteiger partial charge in [0.2, 0.25) is 5.92 Å². The zero-order valence-corrected chi connectivity index (χ0v) is 12.4. The number of methoxy groups -OCH3 is 1. The van der Waals surface area contributed by atoms with Gasteiger partial charge in [-0.15, -0.1) is 0 Å². The predicted molar refractivity (Wildman–Crippen MR) is 76.6 cm³/mol. The lowest BCUT2D eigenvalue weighted by molar-refractivity contribution is -0.0509.